The molecule has 0 aliphatic carbocycles. The number of ether oxygens (including phenoxy) is 2. The van der Waals surface area contributed by atoms with E-state index in [4.69, 9.17) is 13.9 Å². The van der Waals surface area contributed by atoms with Crippen LogP contribution >= 0.6 is 0 Å². The molecule has 1 N–H and O–H groups in total. The Balaban J connectivity index is 1.16. The lowest BCUT2D eigenvalue weighted by atomic mass is 9.98. The van der Waals surface area contributed by atoms with E-state index in [0.29, 0.717) is 29.1 Å². The van der Waals surface area contributed by atoms with E-state index < -0.39 is 0 Å². The highest BCUT2D eigenvalue weighted by Crippen LogP contribution is 2.38. The fourth-order valence-electron chi connectivity index (χ4n) is 4.59. The Hall–Kier alpha value is -3.58. The van der Waals surface area contributed by atoms with Crippen molar-refractivity contribution < 1.29 is 18.3 Å². The minimum absolute atomic E-state index is 0.103. The lowest BCUT2D eigenvalue weighted by molar-refractivity contribution is 0.0620. The van der Waals surface area contributed by atoms with Gasteiger partial charge in [0.1, 0.15) is 18.5 Å². The SMILES string of the molecule is O=c1ccoc2c3c(ccc12)OC(CN1CC=C(c2c[nH]c4ccc(F)cc24)CC1)CO3. The van der Waals surface area contributed by atoms with Crippen LogP contribution in [0.15, 0.2) is 64.1 Å². The number of nitrogens with one attached hydrogen (secondary N) is 1. The molecule has 1 atom stereocenters. The Morgan fingerprint density at radius 3 is 2.97 bits per heavy atom. The van der Waals surface area contributed by atoms with Gasteiger partial charge in [-0.2, -0.15) is 0 Å². The van der Waals surface area contributed by atoms with Crippen LogP contribution in [0, 0.1) is 5.82 Å². The van der Waals surface area contributed by atoms with Crippen molar-refractivity contribution in [1.82, 2.24) is 9.88 Å². The Morgan fingerprint density at radius 2 is 2.09 bits per heavy atom. The Morgan fingerprint density at radius 1 is 1.16 bits per heavy atom. The third-order valence-electron chi connectivity index (χ3n) is 6.20. The molecule has 162 valence electrons. The zero-order valence-corrected chi connectivity index (χ0v) is 17.3. The van der Waals surface area contributed by atoms with Crippen LogP contribution in [0.1, 0.15) is 12.0 Å². The highest BCUT2D eigenvalue weighted by molar-refractivity contribution is 5.92. The zero-order chi connectivity index (χ0) is 21.7. The first kappa shape index (κ1) is 19.1. The van der Waals surface area contributed by atoms with E-state index in [1.807, 2.05) is 6.20 Å². The third-order valence-corrected chi connectivity index (χ3v) is 6.20. The van der Waals surface area contributed by atoms with Crippen molar-refractivity contribution in [3.63, 3.8) is 0 Å². The molecule has 7 heteroatoms. The van der Waals surface area contributed by atoms with Gasteiger partial charge in [0.15, 0.2) is 16.8 Å². The normalized spacial score (nSPS) is 18.8. The quantitative estimate of drug-likeness (QED) is 0.522. The fraction of sp³-hybridized carbons (Fsp3) is 0.240. The van der Waals surface area contributed by atoms with E-state index >= 15 is 0 Å². The topological polar surface area (TPSA) is 67.7 Å². The summed E-state index contributed by atoms with van der Waals surface area (Å²) < 4.78 is 31.3. The number of halogens is 1. The molecule has 2 aliphatic rings. The second-order valence-electron chi connectivity index (χ2n) is 8.24. The maximum absolute atomic E-state index is 13.7. The van der Waals surface area contributed by atoms with Gasteiger partial charge in [-0.15, -0.1) is 0 Å². The van der Waals surface area contributed by atoms with Gasteiger partial charge in [-0.3, -0.25) is 9.69 Å². The van der Waals surface area contributed by atoms with Gasteiger partial charge in [-0.05, 0) is 42.3 Å². The number of hydrogen-bond donors (Lipinski definition) is 1. The number of rotatable bonds is 3. The molecule has 0 saturated heterocycles. The average Bonchev–Trinajstić information content (AvgIpc) is 3.22. The number of H-pyrrole nitrogens is 1. The molecule has 0 spiro atoms. The van der Waals surface area contributed by atoms with E-state index in [-0.39, 0.29) is 17.3 Å². The van der Waals surface area contributed by atoms with E-state index in [2.05, 4.69) is 16.0 Å². The third kappa shape index (κ3) is 3.26. The molecule has 32 heavy (non-hydrogen) atoms. The van der Waals surface area contributed by atoms with Gasteiger partial charge in [-0.1, -0.05) is 6.08 Å². The second kappa shape index (κ2) is 7.53. The van der Waals surface area contributed by atoms with Gasteiger partial charge in [-0.25, -0.2) is 4.39 Å². The lowest BCUT2D eigenvalue weighted by Gasteiger charge is -2.32. The van der Waals surface area contributed by atoms with Crippen molar-refractivity contribution >= 4 is 27.4 Å². The lowest BCUT2D eigenvalue weighted by Crippen LogP contribution is -2.42. The molecule has 0 saturated carbocycles. The molecule has 1 unspecified atom stereocenters. The monoisotopic (exact) mass is 432 g/mol. The van der Waals surface area contributed by atoms with E-state index in [1.165, 1.54) is 24.0 Å². The first-order chi connectivity index (χ1) is 15.7. The summed E-state index contributed by atoms with van der Waals surface area (Å²) in [6, 6.07) is 9.71. The standard InChI is InChI=1S/C25H21FN2O4/c26-16-1-3-21-19(11-16)20(12-27-21)15-5-8-28(9-6-15)13-17-14-31-25-23(32-17)4-2-18-22(29)7-10-30-24(18)25/h1-5,7,10-12,17,27H,6,8-9,13-14H2. The minimum Gasteiger partial charge on any atom is -0.482 e. The molecule has 2 aromatic heterocycles. The average molecular weight is 432 g/mol. The maximum Gasteiger partial charge on any atom is 0.205 e. The zero-order valence-electron chi connectivity index (χ0n) is 17.3. The Labute approximate surface area is 182 Å². The molecule has 2 aliphatic heterocycles. The van der Waals surface area contributed by atoms with E-state index in [1.54, 1.807) is 24.3 Å². The van der Waals surface area contributed by atoms with Crippen LogP contribution in [0.3, 0.4) is 0 Å². The summed E-state index contributed by atoms with van der Waals surface area (Å²) >= 11 is 0. The maximum atomic E-state index is 13.7. The smallest absolute Gasteiger partial charge is 0.205 e. The van der Waals surface area contributed by atoms with Crippen molar-refractivity contribution in [3.8, 4) is 11.5 Å². The summed E-state index contributed by atoms with van der Waals surface area (Å²) in [5.41, 5.74) is 3.56. The molecule has 2 aromatic carbocycles. The minimum atomic E-state index is -0.224. The van der Waals surface area contributed by atoms with Crippen molar-refractivity contribution in [2.24, 2.45) is 0 Å². The van der Waals surface area contributed by atoms with Crippen molar-refractivity contribution in [1.29, 1.82) is 0 Å². The summed E-state index contributed by atoms with van der Waals surface area (Å²) in [7, 11) is 0. The fourth-order valence-corrected chi connectivity index (χ4v) is 4.59. The van der Waals surface area contributed by atoms with Crippen LogP contribution in [0.2, 0.25) is 0 Å². The predicted octanol–water partition coefficient (Wildman–Crippen LogP) is 4.34. The van der Waals surface area contributed by atoms with Crippen LogP contribution in [-0.2, 0) is 0 Å². The summed E-state index contributed by atoms with van der Waals surface area (Å²) in [6.07, 6.45) is 6.30. The first-order valence-electron chi connectivity index (χ1n) is 10.7. The summed E-state index contributed by atoms with van der Waals surface area (Å²) in [5.74, 6) is 0.860. The molecule has 4 aromatic rings. The molecule has 0 radical (unpaired) electrons. The van der Waals surface area contributed by atoms with Gasteiger partial charge >= 0.3 is 0 Å². The van der Waals surface area contributed by atoms with Crippen molar-refractivity contribution in [2.45, 2.75) is 12.5 Å². The van der Waals surface area contributed by atoms with Crippen LogP contribution in [0.4, 0.5) is 4.39 Å². The van der Waals surface area contributed by atoms with E-state index in [0.717, 1.165) is 42.5 Å². The summed E-state index contributed by atoms with van der Waals surface area (Å²) in [5, 5.41) is 1.41. The van der Waals surface area contributed by atoms with Crippen LogP contribution in [0.5, 0.6) is 11.5 Å². The largest absolute Gasteiger partial charge is 0.482 e. The number of aromatic nitrogens is 1. The molecule has 0 fully saturated rings. The van der Waals surface area contributed by atoms with Gasteiger partial charge in [0.05, 0.1) is 11.6 Å². The van der Waals surface area contributed by atoms with Crippen LogP contribution in [0.25, 0.3) is 27.4 Å². The van der Waals surface area contributed by atoms with Crippen molar-refractivity contribution in [3.05, 3.63) is 76.5 Å². The number of benzene rings is 2. The second-order valence-corrected chi connectivity index (χ2v) is 8.24. The van der Waals surface area contributed by atoms with Crippen molar-refractivity contribution in [2.75, 3.05) is 26.2 Å². The van der Waals surface area contributed by atoms with Crippen LogP contribution in [-0.4, -0.2) is 42.2 Å². The van der Waals surface area contributed by atoms with Gasteiger partial charge in [0.2, 0.25) is 5.75 Å². The van der Waals surface area contributed by atoms with E-state index in [9.17, 15) is 9.18 Å². The Kier molecular flexibility index (Phi) is 4.50. The molecule has 0 bridgehead atoms. The number of nitrogens with zero attached hydrogens (tertiary/aromatic N) is 1. The number of hydrogen-bond acceptors (Lipinski definition) is 5. The molecular formula is C25H21FN2O4. The van der Waals surface area contributed by atoms with Gasteiger partial charge in [0.25, 0.3) is 0 Å². The Bertz CT molecular complexity index is 1420. The van der Waals surface area contributed by atoms with Crippen LogP contribution < -0.4 is 14.9 Å². The predicted molar refractivity (Wildman–Crippen MR) is 120 cm³/mol. The summed E-state index contributed by atoms with van der Waals surface area (Å²) in [4.78, 5) is 17.6. The van der Waals surface area contributed by atoms with Gasteiger partial charge < -0.3 is 18.9 Å². The first-order valence-corrected chi connectivity index (χ1v) is 10.7. The molecule has 0 amide bonds. The number of fused-ring (bicyclic) bond motifs is 4. The molecule has 6 rings (SSSR count). The summed E-state index contributed by atoms with van der Waals surface area (Å²) in [6.45, 7) is 2.78. The molecular weight excluding hydrogens is 411 g/mol. The molecule has 4 heterocycles. The highest BCUT2D eigenvalue weighted by Gasteiger charge is 2.27. The van der Waals surface area contributed by atoms with Gasteiger partial charge in [0, 0.05) is 48.4 Å². The highest BCUT2D eigenvalue weighted by atomic mass is 19.1. The molecule has 6 nitrogen and oxygen atoms in total. The number of aromatic amines is 1.